The van der Waals surface area contributed by atoms with Crippen LogP contribution in [0.2, 0.25) is 0 Å². The van der Waals surface area contributed by atoms with E-state index in [2.05, 4.69) is 5.38 Å². The Labute approximate surface area is 85.2 Å². The van der Waals surface area contributed by atoms with Gasteiger partial charge >= 0.3 is 0 Å². The van der Waals surface area contributed by atoms with Gasteiger partial charge in [-0.1, -0.05) is 24.3 Å². The Hall–Kier alpha value is -1.54. The Balaban J connectivity index is 2.67. The maximum absolute atomic E-state index is 9.79. The molecule has 0 aliphatic rings. The van der Waals surface area contributed by atoms with Gasteiger partial charge < -0.3 is 5.11 Å². The molecular weight excluding hydrogens is 192 g/mol. The van der Waals surface area contributed by atoms with Crippen molar-refractivity contribution in [3.05, 3.63) is 41.8 Å². The lowest BCUT2D eigenvalue weighted by Crippen LogP contribution is -1.73. The van der Waals surface area contributed by atoms with Gasteiger partial charge in [0, 0.05) is 15.5 Å². The number of phenolic OH excluding ortho intramolecular Hbond substituents is 1. The van der Waals surface area contributed by atoms with E-state index < -0.39 is 0 Å². The van der Waals surface area contributed by atoms with Crippen LogP contribution in [0.4, 0.5) is 0 Å². The topological polar surface area (TPSA) is 20.2 Å². The molecular formula is C12H8OS. The summed E-state index contributed by atoms with van der Waals surface area (Å²) in [4.78, 5) is 0. The number of hydrogen-bond acceptors (Lipinski definition) is 2. The maximum Gasteiger partial charge on any atom is 0.124 e. The molecule has 0 spiro atoms. The van der Waals surface area contributed by atoms with Gasteiger partial charge in [0.25, 0.3) is 0 Å². The highest BCUT2D eigenvalue weighted by atomic mass is 32.1. The largest absolute Gasteiger partial charge is 0.507 e. The Kier molecular flexibility index (Phi) is 1.52. The zero-order valence-corrected chi connectivity index (χ0v) is 8.21. The van der Waals surface area contributed by atoms with Crippen LogP contribution in [0.25, 0.3) is 20.9 Å². The summed E-state index contributed by atoms with van der Waals surface area (Å²) >= 11 is 1.71. The standard InChI is InChI=1S/C12H8OS/c13-11-7-8-5-6-14-12(8)10-4-2-1-3-9(10)11/h1-7,13H. The zero-order valence-electron chi connectivity index (χ0n) is 7.40. The SMILES string of the molecule is Oc1cc2ccsc2c2ccccc12. The van der Waals surface area contributed by atoms with Crippen molar-refractivity contribution in [2.45, 2.75) is 0 Å². The normalized spacial score (nSPS) is 11.1. The van der Waals surface area contributed by atoms with Crippen molar-refractivity contribution >= 4 is 32.2 Å². The van der Waals surface area contributed by atoms with Gasteiger partial charge in [0.1, 0.15) is 5.75 Å². The molecule has 1 aromatic heterocycles. The van der Waals surface area contributed by atoms with Crippen LogP contribution in [0, 0.1) is 0 Å². The quantitative estimate of drug-likeness (QED) is 0.585. The van der Waals surface area contributed by atoms with E-state index in [1.165, 1.54) is 4.70 Å². The third-order valence-corrected chi connectivity index (χ3v) is 3.40. The summed E-state index contributed by atoms with van der Waals surface area (Å²) in [6, 6.07) is 11.8. The van der Waals surface area contributed by atoms with Gasteiger partial charge in [-0.3, -0.25) is 0 Å². The van der Waals surface area contributed by atoms with E-state index >= 15 is 0 Å². The minimum atomic E-state index is 0.367. The van der Waals surface area contributed by atoms with Crippen LogP contribution in [0.1, 0.15) is 0 Å². The van der Waals surface area contributed by atoms with Crippen LogP contribution in [-0.4, -0.2) is 5.11 Å². The summed E-state index contributed by atoms with van der Waals surface area (Å²) in [5, 5.41) is 15.0. The molecule has 0 aliphatic carbocycles. The molecule has 0 fully saturated rings. The molecule has 0 unspecified atom stereocenters. The molecule has 0 atom stereocenters. The number of rotatable bonds is 0. The lowest BCUT2D eigenvalue weighted by molar-refractivity contribution is 0.482. The van der Waals surface area contributed by atoms with E-state index in [0.29, 0.717) is 5.75 Å². The summed E-state index contributed by atoms with van der Waals surface area (Å²) in [6.45, 7) is 0. The molecule has 3 rings (SSSR count). The average molecular weight is 200 g/mol. The molecule has 1 heterocycles. The molecule has 0 amide bonds. The highest BCUT2D eigenvalue weighted by molar-refractivity contribution is 7.18. The molecule has 0 saturated heterocycles. The molecule has 1 N–H and O–H groups in total. The van der Waals surface area contributed by atoms with Gasteiger partial charge in [0.05, 0.1) is 0 Å². The average Bonchev–Trinajstić information content (AvgIpc) is 2.66. The monoisotopic (exact) mass is 200 g/mol. The molecule has 2 heteroatoms. The van der Waals surface area contributed by atoms with Gasteiger partial charge in [-0.15, -0.1) is 11.3 Å². The van der Waals surface area contributed by atoms with Gasteiger partial charge in [0.2, 0.25) is 0 Å². The third-order valence-electron chi connectivity index (χ3n) is 2.44. The number of benzene rings is 2. The lowest BCUT2D eigenvalue weighted by atomic mass is 10.1. The fourth-order valence-corrected chi connectivity index (χ4v) is 2.70. The molecule has 0 radical (unpaired) electrons. The molecule has 14 heavy (non-hydrogen) atoms. The Bertz CT molecular complexity index is 610. The number of thiophene rings is 1. The van der Waals surface area contributed by atoms with Crippen molar-refractivity contribution in [3.63, 3.8) is 0 Å². The minimum absolute atomic E-state index is 0.367. The lowest BCUT2D eigenvalue weighted by Gasteiger charge is -2.01. The van der Waals surface area contributed by atoms with Crippen LogP contribution in [0.15, 0.2) is 41.8 Å². The highest BCUT2D eigenvalue weighted by Crippen LogP contribution is 2.35. The van der Waals surface area contributed by atoms with Crippen LogP contribution >= 0.6 is 11.3 Å². The second kappa shape index (κ2) is 2.72. The summed E-state index contributed by atoms with van der Waals surface area (Å²) in [6.07, 6.45) is 0. The maximum atomic E-state index is 9.79. The zero-order chi connectivity index (χ0) is 9.54. The van der Waals surface area contributed by atoms with E-state index in [9.17, 15) is 5.11 Å². The van der Waals surface area contributed by atoms with E-state index in [1.54, 1.807) is 11.3 Å². The fourth-order valence-electron chi connectivity index (χ4n) is 1.78. The summed E-state index contributed by atoms with van der Waals surface area (Å²) in [5.41, 5.74) is 0. The predicted molar refractivity (Wildman–Crippen MR) is 61.0 cm³/mol. The first-order valence-corrected chi connectivity index (χ1v) is 5.32. The van der Waals surface area contributed by atoms with Crippen LogP contribution < -0.4 is 0 Å². The van der Waals surface area contributed by atoms with E-state index in [0.717, 1.165) is 16.2 Å². The van der Waals surface area contributed by atoms with Crippen LogP contribution in [0.3, 0.4) is 0 Å². The Morgan fingerprint density at radius 1 is 1.00 bits per heavy atom. The smallest absolute Gasteiger partial charge is 0.124 e. The number of aromatic hydroxyl groups is 1. The van der Waals surface area contributed by atoms with Crippen LogP contribution in [0.5, 0.6) is 5.75 Å². The molecule has 3 aromatic rings. The van der Waals surface area contributed by atoms with Crippen molar-refractivity contribution in [1.82, 2.24) is 0 Å². The van der Waals surface area contributed by atoms with Crippen molar-refractivity contribution in [1.29, 1.82) is 0 Å². The number of phenols is 1. The third kappa shape index (κ3) is 0.946. The molecule has 0 aliphatic heterocycles. The molecule has 1 nitrogen and oxygen atoms in total. The number of hydrogen-bond donors (Lipinski definition) is 1. The summed E-state index contributed by atoms with van der Waals surface area (Å²) in [7, 11) is 0. The van der Waals surface area contributed by atoms with E-state index in [-0.39, 0.29) is 0 Å². The van der Waals surface area contributed by atoms with Gasteiger partial charge in [-0.2, -0.15) is 0 Å². The first-order chi connectivity index (χ1) is 6.86. The Morgan fingerprint density at radius 3 is 2.64 bits per heavy atom. The molecule has 2 aromatic carbocycles. The molecule has 0 saturated carbocycles. The number of fused-ring (bicyclic) bond motifs is 3. The summed E-state index contributed by atoms with van der Waals surface area (Å²) < 4.78 is 1.25. The summed E-state index contributed by atoms with van der Waals surface area (Å²) in [5.74, 6) is 0.367. The second-order valence-electron chi connectivity index (χ2n) is 3.28. The minimum Gasteiger partial charge on any atom is -0.507 e. The first-order valence-electron chi connectivity index (χ1n) is 4.44. The van der Waals surface area contributed by atoms with E-state index in [4.69, 9.17) is 0 Å². The van der Waals surface area contributed by atoms with Crippen molar-refractivity contribution in [3.8, 4) is 5.75 Å². The van der Waals surface area contributed by atoms with Crippen molar-refractivity contribution in [2.75, 3.05) is 0 Å². The Morgan fingerprint density at radius 2 is 1.79 bits per heavy atom. The second-order valence-corrected chi connectivity index (χ2v) is 4.20. The fraction of sp³-hybridized carbons (Fsp3) is 0. The first kappa shape index (κ1) is 7.83. The van der Waals surface area contributed by atoms with Gasteiger partial charge in [0.15, 0.2) is 0 Å². The van der Waals surface area contributed by atoms with Gasteiger partial charge in [-0.25, -0.2) is 0 Å². The molecule has 68 valence electrons. The highest BCUT2D eigenvalue weighted by Gasteiger charge is 2.05. The van der Waals surface area contributed by atoms with Gasteiger partial charge in [-0.05, 0) is 22.9 Å². The van der Waals surface area contributed by atoms with Crippen molar-refractivity contribution < 1.29 is 5.11 Å². The van der Waals surface area contributed by atoms with Crippen LogP contribution in [-0.2, 0) is 0 Å². The predicted octanol–water partition coefficient (Wildman–Crippen LogP) is 3.76. The molecule has 0 bridgehead atoms. The van der Waals surface area contributed by atoms with Crippen molar-refractivity contribution in [2.24, 2.45) is 0 Å². The van der Waals surface area contributed by atoms with E-state index in [1.807, 2.05) is 36.4 Å².